The highest BCUT2D eigenvalue weighted by molar-refractivity contribution is 8.16. The van der Waals surface area contributed by atoms with Crippen LogP contribution in [0.4, 0.5) is 0 Å². The predicted octanol–water partition coefficient (Wildman–Crippen LogP) is 3.97. The number of rotatable bonds is 5. The van der Waals surface area contributed by atoms with E-state index in [0.717, 1.165) is 5.75 Å². The van der Waals surface area contributed by atoms with Crippen molar-refractivity contribution >= 4 is 23.5 Å². The van der Waals surface area contributed by atoms with Crippen LogP contribution in [0.3, 0.4) is 0 Å². The molecule has 0 N–H and O–H groups in total. The normalized spacial score (nSPS) is 12.4. The molecule has 0 fully saturated rings. The van der Waals surface area contributed by atoms with E-state index in [1.807, 2.05) is 29.6 Å². The molecular formula is C11H14S2. The van der Waals surface area contributed by atoms with Crippen molar-refractivity contribution in [2.24, 2.45) is 0 Å². The molecule has 1 aromatic carbocycles. The average molecular weight is 210 g/mol. The van der Waals surface area contributed by atoms with Crippen LogP contribution in [0.2, 0.25) is 0 Å². The van der Waals surface area contributed by atoms with Crippen molar-refractivity contribution in [2.45, 2.75) is 4.58 Å². The summed E-state index contributed by atoms with van der Waals surface area (Å²) >= 11 is 3.80. The first-order valence-corrected chi connectivity index (χ1v) is 6.52. The van der Waals surface area contributed by atoms with Crippen LogP contribution in [-0.4, -0.2) is 12.0 Å². The van der Waals surface area contributed by atoms with Gasteiger partial charge in [-0.05, 0) is 11.8 Å². The molecule has 1 unspecified atom stereocenters. The van der Waals surface area contributed by atoms with Crippen LogP contribution in [0.25, 0.3) is 0 Å². The van der Waals surface area contributed by atoms with E-state index in [9.17, 15) is 0 Å². The Morgan fingerprint density at radius 3 is 2.62 bits per heavy atom. The molecule has 70 valence electrons. The first kappa shape index (κ1) is 10.7. The lowest BCUT2D eigenvalue weighted by Crippen LogP contribution is -1.88. The first-order valence-electron chi connectivity index (χ1n) is 4.18. The SMILES string of the molecule is C=CCSC(SC)c1ccccc1. The third kappa shape index (κ3) is 3.49. The van der Waals surface area contributed by atoms with Gasteiger partial charge in [-0.25, -0.2) is 0 Å². The fourth-order valence-corrected chi connectivity index (χ4v) is 2.94. The Hall–Kier alpha value is -0.340. The van der Waals surface area contributed by atoms with Gasteiger partial charge in [-0.1, -0.05) is 36.4 Å². The summed E-state index contributed by atoms with van der Waals surface area (Å²) in [5.41, 5.74) is 1.39. The lowest BCUT2D eigenvalue weighted by Gasteiger charge is -2.12. The standard InChI is InChI=1S/C11H14S2/c1-3-9-13-11(12-2)10-7-5-4-6-8-10/h3-8,11H,1,9H2,2H3. The first-order chi connectivity index (χ1) is 6.38. The number of thioether (sulfide) groups is 2. The van der Waals surface area contributed by atoms with Gasteiger partial charge in [0.1, 0.15) is 0 Å². The Labute approximate surface area is 88.8 Å². The molecule has 13 heavy (non-hydrogen) atoms. The molecule has 0 aliphatic heterocycles. The van der Waals surface area contributed by atoms with Gasteiger partial charge in [0, 0.05) is 5.75 Å². The molecule has 2 heteroatoms. The van der Waals surface area contributed by atoms with E-state index >= 15 is 0 Å². The number of hydrogen-bond acceptors (Lipinski definition) is 2. The highest BCUT2D eigenvalue weighted by atomic mass is 32.2. The third-order valence-corrected chi connectivity index (χ3v) is 4.34. The van der Waals surface area contributed by atoms with Crippen LogP contribution in [0.5, 0.6) is 0 Å². The van der Waals surface area contributed by atoms with Gasteiger partial charge in [-0.15, -0.1) is 30.1 Å². The Bertz CT molecular complexity index is 244. The van der Waals surface area contributed by atoms with E-state index in [0.29, 0.717) is 4.58 Å². The van der Waals surface area contributed by atoms with Crippen molar-refractivity contribution in [1.29, 1.82) is 0 Å². The summed E-state index contributed by atoms with van der Waals surface area (Å²) in [5, 5.41) is 0. The Morgan fingerprint density at radius 2 is 2.08 bits per heavy atom. The second kappa shape index (κ2) is 6.17. The van der Waals surface area contributed by atoms with E-state index < -0.39 is 0 Å². The maximum absolute atomic E-state index is 3.73. The topological polar surface area (TPSA) is 0 Å². The molecule has 0 radical (unpaired) electrons. The lowest BCUT2D eigenvalue weighted by atomic mass is 10.2. The van der Waals surface area contributed by atoms with Crippen molar-refractivity contribution in [3.05, 3.63) is 48.6 Å². The molecule has 0 saturated carbocycles. The minimum atomic E-state index is 0.541. The fraction of sp³-hybridized carbons (Fsp3) is 0.273. The smallest absolute Gasteiger partial charge is 0.0751 e. The summed E-state index contributed by atoms with van der Waals surface area (Å²) in [6.07, 6.45) is 4.10. The van der Waals surface area contributed by atoms with E-state index in [1.54, 1.807) is 0 Å². The van der Waals surface area contributed by atoms with Crippen molar-refractivity contribution < 1.29 is 0 Å². The van der Waals surface area contributed by atoms with Gasteiger partial charge >= 0.3 is 0 Å². The highest BCUT2D eigenvalue weighted by Crippen LogP contribution is 2.37. The maximum atomic E-state index is 3.73. The van der Waals surface area contributed by atoms with Crippen LogP contribution in [0.15, 0.2) is 43.0 Å². The van der Waals surface area contributed by atoms with Crippen LogP contribution >= 0.6 is 23.5 Å². The lowest BCUT2D eigenvalue weighted by molar-refractivity contribution is 1.38. The van der Waals surface area contributed by atoms with Crippen molar-refractivity contribution in [3.63, 3.8) is 0 Å². The van der Waals surface area contributed by atoms with Crippen molar-refractivity contribution in [1.82, 2.24) is 0 Å². The van der Waals surface area contributed by atoms with E-state index in [1.165, 1.54) is 5.56 Å². The second-order valence-electron chi connectivity index (χ2n) is 2.60. The molecule has 0 aliphatic carbocycles. The summed E-state index contributed by atoms with van der Waals surface area (Å²) in [6.45, 7) is 3.73. The van der Waals surface area contributed by atoms with E-state index in [-0.39, 0.29) is 0 Å². The zero-order valence-electron chi connectivity index (χ0n) is 7.77. The molecule has 0 heterocycles. The number of benzene rings is 1. The Morgan fingerprint density at radius 1 is 1.38 bits per heavy atom. The van der Waals surface area contributed by atoms with E-state index in [4.69, 9.17) is 0 Å². The summed E-state index contributed by atoms with van der Waals surface area (Å²) in [4.78, 5) is 0. The van der Waals surface area contributed by atoms with Gasteiger partial charge in [0.05, 0.1) is 4.58 Å². The summed E-state index contributed by atoms with van der Waals surface area (Å²) in [7, 11) is 0. The molecule has 0 amide bonds. The van der Waals surface area contributed by atoms with Crippen LogP contribution < -0.4 is 0 Å². The second-order valence-corrected chi connectivity index (χ2v) is 4.98. The molecule has 0 spiro atoms. The van der Waals surface area contributed by atoms with Crippen molar-refractivity contribution in [2.75, 3.05) is 12.0 Å². The number of hydrogen-bond donors (Lipinski definition) is 0. The predicted molar refractivity (Wildman–Crippen MR) is 65.4 cm³/mol. The molecule has 0 saturated heterocycles. The van der Waals surface area contributed by atoms with Crippen LogP contribution in [-0.2, 0) is 0 Å². The quantitative estimate of drug-likeness (QED) is 0.533. The maximum Gasteiger partial charge on any atom is 0.0751 e. The van der Waals surface area contributed by atoms with Gasteiger partial charge in [-0.3, -0.25) is 0 Å². The van der Waals surface area contributed by atoms with Gasteiger partial charge in [0.2, 0.25) is 0 Å². The fourth-order valence-electron chi connectivity index (χ4n) is 1.07. The zero-order chi connectivity index (χ0) is 9.52. The largest absolute Gasteiger partial charge is 0.146 e. The molecular weight excluding hydrogens is 196 g/mol. The van der Waals surface area contributed by atoms with Gasteiger partial charge in [0.25, 0.3) is 0 Å². The summed E-state index contributed by atoms with van der Waals surface area (Å²) in [5.74, 6) is 1.01. The molecule has 1 aromatic rings. The van der Waals surface area contributed by atoms with Crippen molar-refractivity contribution in [3.8, 4) is 0 Å². The van der Waals surface area contributed by atoms with Crippen LogP contribution in [0.1, 0.15) is 10.1 Å². The van der Waals surface area contributed by atoms with Gasteiger partial charge in [0.15, 0.2) is 0 Å². The summed E-state index contributed by atoms with van der Waals surface area (Å²) < 4.78 is 0.541. The molecule has 0 nitrogen and oxygen atoms in total. The third-order valence-electron chi connectivity index (χ3n) is 1.65. The average Bonchev–Trinajstić information content (AvgIpc) is 2.21. The van der Waals surface area contributed by atoms with Gasteiger partial charge in [-0.2, -0.15) is 0 Å². The minimum absolute atomic E-state index is 0.541. The van der Waals surface area contributed by atoms with E-state index in [2.05, 4.69) is 43.2 Å². The molecule has 1 atom stereocenters. The highest BCUT2D eigenvalue weighted by Gasteiger charge is 2.07. The minimum Gasteiger partial charge on any atom is -0.146 e. The Kier molecular flexibility index (Phi) is 5.09. The molecule has 0 aromatic heterocycles. The zero-order valence-corrected chi connectivity index (χ0v) is 9.41. The Balaban J connectivity index is 2.61. The molecule has 0 bridgehead atoms. The molecule has 1 rings (SSSR count). The monoisotopic (exact) mass is 210 g/mol. The summed E-state index contributed by atoms with van der Waals surface area (Å²) in [6, 6.07) is 10.6. The van der Waals surface area contributed by atoms with Gasteiger partial charge < -0.3 is 0 Å². The molecule has 0 aliphatic rings. The van der Waals surface area contributed by atoms with Crippen LogP contribution in [0, 0.1) is 0 Å².